The third-order valence-corrected chi connectivity index (χ3v) is 3.40. The molecule has 0 aliphatic rings. The van der Waals surface area contributed by atoms with Crippen LogP contribution in [0.2, 0.25) is 0 Å². The Hall–Kier alpha value is -2.09. The average molecular weight is 371 g/mol. The SMILES string of the molecule is C=NOC(=O)N(CC(=N)C(=N)C(C)C)c1ccc(F)c(Br)c1. The van der Waals surface area contributed by atoms with Gasteiger partial charge in [-0.1, -0.05) is 19.0 Å². The van der Waals surface area contributed by atoms with Gasteiger partial charge in [0.05, 0.1) is 22.4 Å². The number of nitrogens with one attached hydrogen (secondary N) is 2. The molecule has 0 aliphatic carbocycles. The minimum atomic E-state index is -0.866. The van der Waals surface area contributed by atoms with Gasteiger partial charge < -0.3 is 10.8 Å². The molecule has 1 aromatic rings. The molecule has 22 heavy (non-hydrogen) atoms. The van der Waals surface area contributed by atoms with Gasteiger partial charge in [0.2, 0.25) is 0 Å². The van der Waals surface area contributed by atoms with Gasteiger partial charge in [-0.15, -0.1) is 0 Å². The first-order chi connectivity index (χ1) is 10.3. The summed E-state index contributed by atoms with van der Waals surface area (Å²) in [6.07, 6.45) is -0.866. The summed E-state index contributed by atoms with van der Waals surface area (Å²) in [5.41, 5.74) is 0.366. The quantitative estimate of drug-likeness (QED) is 0.452. The first-order valence-electron chi connectivity index (χ1n) is 6.33. The lowest BCUT2D eigenvalue weighted by Gasteiger charge is -2.22. The van der Waals surface area contributed by atoms with Crippen LogP contribution in [0.4, 0.5) is 14.9 Å². The van der Waals surface area contributed by atoms with Crippen molar-refractivity contribution in [2.45, 2.75) is 13.8 Å². The zero-order valence-electron chi connectivity index (χ0n) is 12.2. The highest BCUT2D eigenvalue weighted by atomic mass is 79.9. The highest BCUT2D eigenvalue weighted by Crippen LogP contribution is 2.24. The number of carbonyl (C=O) groups excluding carboxylic acids is 1. The fourth-order valence-corrected chi connectivity index (χ4v) is 1.98. The molecule has 0 saturated carbocycles. The van der Waals surface area contributed by atoms with E-state index in [-0.39, 0.29) is 28.4 Å². The first-order valence-corrected chi connectivity index (χ1v) is 7.13. The van der Waals surface area contributed by atoms with Gasteiger partial charge in [-0.3, -0.25) is 9.74 Å². The third kappa shape index (κ3) is 4.45. The number of nitrogens with zero attached hydrogens (tertiary/aromatic N) is 2. The number of oxime groups is 1. The molecule has 0 aromatic heterocycles. The summed E-state index contributed by atoms with van der Waals surface area (Å²) in [6.45, 7) is 6.43. The van der Waals surface area contributed by atoms with Gasteiger partial charge >= 0.3 is 6.09 Å². The summed E-state index contributed by atoms with van der Waals surface area (Å²) in [4.78, 5) is 17.5. The van der Waals surface area contributed by atoms with Crippen LogP contribution in [0, 0.1) is 22.6 Å². The van der Waals surface area contributed by atoms with E-state index in [2.05, 4.69) is 32.6 Å². The van der Waals surface area contributed by atoms with Crippen LogP contribution >= 0.6 is 15.9 Å². The number of rotatable bonds is 6. The number of hydrogen-bond donors (Lipinski definition) is 2. The molecule has 8 heteroatoms. The zero-order chi connectivity index (χ0) is 16.9. The summed E-state index contributed by atoms with van der Waals surface area (Å²) in [7, 11) is 0. The molecule has 0 atom stereocenters. The number of hydrogen-bond acceptors (Lipinski definition) is 5. The Kier molecular flexibility index (Phi) is 6.36. The van der Waals surface area contributed by atoms with E-state index in [1.807, 2.05) is 0 Å². The molecule has 1 rings (SSSR count). The van der Waals surface area contributed by atoms with Crippen molar-refractivity contribution in [3.05, 3.63) is 28.5 Å². The standard InChI is InChI=1S/C14H16BrFN4O2/c1-8(2)13(18)12(17)7-20(14(21)22-19-3)9-4-5-11(16)10(15)6-9/h4-6,8,17-18H,3,7H2,1-2H3. The van der Waals surface area contributed by atoms with Gasteiger partial charge in [-0.05, 0) is 40.0 Å². The fraction of sp³-hybridized carbons (Fsp3) is 0.286. The Labute approximate surface area is 136 Å². The maximum atomic E-state index is 13.3. The zero-order valence-corrected chi connectivity index (χ0v) is 13.8. The predicted molar refractivity (Wildman–Crippen MR) is 87.8 cm³/mol. The van der Waals surface area contributed by atoms with E-state index >= 15 is 0 Å². The largest absolute Gasteiger partial charge is 0.440 e. The molecule has 0 fully saturated rings. The van der Waals surface area contributed by atoms with Crippen LogP contribution in [-0.4, -0.2) is 30.8 Å². The van der Waals surface area contributed by atoms with Crippen molar-refractivity contribution in [1.82, 2.24) is 0 Å². The summed E-state index contributed by atoms with van der Waals surface area (Å²) >= 11 is 3.04. The smallest absolute Gasteiger partial charge is 0.303 e. The topological polar surface area (TPSA) is 89.6 Å². The number of halogens is 2. The Morgan fingerprint density at radius 2 is 2.14 bits per heavy atom. The van der Waals surface area contributed by atoms with Gasteiger partial charge in [0.1, 0.15) is 5.82 Å². The predicted octanol–water partition coefficient (Wildman–Crippen LogP) is 3.84. The van der Waals surface area contributed by atoms with Crippen molar-refractivity contribution in [3.8, 4) is 0 Å². The van der Waals surface area contributed by atoms with E-state index in [4.69, 9.17) is 10.8 Å². The normalized spacial score (nSPS) is 10.2. The molecule has 1 amide bonds. The highest BCUT2D eigenvalue weighted by Gasteiger charge is 2.22. The molecule has 2 N–H and O–H groups in total. The fourth-order valence-electron chi connectivity index (χ4n) is 1.61. The molecule has 6 nitrogen and oxygen atoms in total. The number of amides is 1. The van der Waals surface area contributed by atoms with Crippen LogP contribution in [0.15, 0.2) is 27.8 Å². The van der Waals surface area contributed by atoms with Gasteiger partial charge in [-0.2, -0.15) is 0 Å². The second-order valence-electron chi connectivity index (χ2n) is 4.72. The highest BCUT2D eigenvalue weighted by molar-refractivity contribution is 9.10. The van der Waals surface area contributed by atoms with Gasteiger partial charge in [0.15, 0.2) is 0 Å². The maximum Gasteiger partial charge on any atom is 0.440 e. The minimum absolute atomic E-state index is 0.0449. The van der Waals surface area contributed by atoms with Crippen molar-refractivity contribution in [1.29, 1.82) is 10.8 Å². The van der Waals surface area contributed by atoms with Gasteiger partial charge in [0, 0.05) is 12.4 Å². The number of benzene rings is 1. The number of anilines is 1. The molecule has 0 unspecified atom stereocenters. The van der Waals surface area contributed by atoms with E-state index in [1.165, 1.54) is 18.2 Å². The monoisotopic (exact) mass is 370 g/mol. The molecule has 0 saturated heterocycles. The Morgan fingerprint density at radius 1 is 1.50 bits per heavy atom. The van der Waals surface area contributed by atoms with E-state index in [0.717, 1.165) is 4.90 Å². The Balaban J connectivity index is 3.10. The maximum absolute atomic E-state index is 13.3. The van der Waals surface area contributed by atoms with Crippen LogP contribution in [0.5, 0.6) is 0 Å². The molecular weight excluding hydrogens is 355 g/mol. The average Bonchev–Trinajstić information content (AvgIpc) is 2.46. The molecule has 118 valence electrons. The van der Waals surface area contributed by atoms with Crippen LogP contribution in [-0.2, 0) is 4.84 Å². The van der Waals surface area contributed by atoms with Crippen LogP contribution < -0.4 is 4.90 Å². The molecule has 0 bridgehead atoms. The molecular formula is C14H16BrFN4O2. The van der Waals surface area contributed by atoms with Crippen molar-refractivity contribution in [2.24, 2.45) is 11.1 Å². The lowest BCUT2D eigenvalue weighted by molar-refractivity contribution is 0.160. The van der Waals surface area contributed by atoms with Gasteiger partial charge in [-0.25, -0.2) is 9.18 Å². The van der Waals surface area contributed by atoms with Crippen molar-refractivity contribution in [3.63, 3.8) is 0 Å². The molecule has 1 aromatic carbocycles. The minimum Gasteiger partial charge on any atom is -0.303 e. The lowest BCUT2D eigenvalue weighted by Crippen LogP contribution is -2.38. The molecule has 0 radical (unpaired) electrons. The molecule has 0 spiro atoms. The first kappa shape index (κ1) is 18.0. The Morgan fingerprint density at radius 3 is 2.64 bits per heavy atom. The second-order valence-corrected chi connectivity index (χ2v) is 5.57. The summed E-state index contributed by atoms with van der Waals surface area (Å²) in [5.74, 6) is -0.633. The van der Waals surface area contributed by atoms with E-state index in [9.17, 15) is 9.18 Å². The van der Waals surface area contributed by atoms with Crippen molar-refractivity contribution in [2.75, 3.05) is 11.4 Å². The second kappa shape index (κ2) is 7.79. The molecule has 0 aliphatic heterocycles. The summed E-state index contributed by atoms with van der Waals surface area (Å²) in [6, 6.07) is 3.93. The van der Waals surface area contributed by atoms with E-state index in [0.29, 0.717) is 5.69 Å². The number of carbonyl (C=O) groups is 1. The van der Waals surface area contributed by atoms with Crippen LogP contribution in [0.1, 0.15) is 13.8 Å². The molecule has 0 heterocycles. The summed E-state index contributed by atoms with van der Waals surface area (Å²) in [5, 5.41) is 18.8. The lowest BCUT2D eigenvalue weighted by atomic mass is 10.0. The van der Waals surface area contributed by atoms with Crippen molar-refractivity contribution >= 4 is 45.9 Å². The third-order valence-electron chi connectivity index (χ3n) is 2.80. The Bertz CT molecular complexity index is 619. The van der Waals surface area contributed by atoms with E-state index < -0.39 is 11.9 Å². The van der Waals surface area contributed by atoms with Gasteiger partial charge in [0.25, 0.3) is 0 Å². The summed E-state index contributed by atoms with van der Waals surface area (Å²) < 4.78 is 13.5. The van der Waals surface area contributed by atoms with E-state index in [1.54, 1.807) is 13.8 Å². The van der Waals surface area contributed by atoms with Crippen molar-refractivity contribution < 1.29 is 14.0 Å². The van der Waals surface area contributed by atoms with Crippen LogP contribution in [0.3, 0.4) is 0 Å². The van der Waals surface area contributed by atoms with Crippen LogP contribution in [0.25, 0.3) is 0 Å².